The molecule has 0 atom stereocenters. The van der Waals surface area contributed by atoms with Gasteiger partial charge in [-0.05, 0) is 42.1 Å². The SMILES string of the molecule is FC(F)(F)/N=C1\S/C(=N\c2ccccc2)N(c2ccccc2)\C1=N\C(F)(F)F.O=[N+]([O-])c1cc(C(F)(F)F)c(Cl)c([N+](=O)[O-])c1Nc1ncc(C(F)(F)F)cc1Cl. The van der Waals surface area contributed by atoms with Crippen LogP contribution in [-0.4, -0.2) is 43.5 Å². The molecule has 0 saturated carbocycles. The molecular weight excluding hydrogens is 867 g/mol. The molecule has 0 unspecified atom stereocenters. The first-order chi connectivity index (χ1) is 26.3. The van der Waals surface area contributed by atoms with E-state index in [-0.39, 0.29) is 23.1 Å². The van der Waals surface area contributed by atoms with Crippen molar-refractivity contribution in [3.63, 3.8) is 0 Å². The summed E-state index contributed by atoms with van der Waals surface area (Å²) in [5.74, 6) is -1.71. The maximum Gasteiger partial charge on any atom is 0.505 e. The maximum atomic E-state index is 13.0. The summed E-state index contributed by atoms with van der Waals surface area (Å²) in [6, 6.07) is 16.0. The molecule has 1 aromatic heterocycles. The number of nitrogens with zero attached hydrogens (tertiary/aromatic N) is 7. The second-order valence-electron chi connectivity index (χ2n) is 10.5. The first kappa shape index (κ1) is 44.0. The summed E-state index contributed by atoms with van der Waals surface area (Å²) >= 11 is 11.4. The number of halogens is 14. The monoisotopic (exact) mass is 880 g/mol. The number of nitro benzene ring substituents is 2. The van der Waals surface area contributed by atoms with Crippen LogP contribution in [0.3, 0.4) is 0 Å². The van der Waals surface area contributed by atoms with Gasteiger partial charge in [0.15, 0.2) is 21.7 Å². The molecule has 0 spiro atoms. The lowest BCUT2D eigenvalue weighted by atomic mass is 10.1. The van der Waals surface area contributed by atoms with E-state index in [4.69, 9.17) is 23.2 Å². The van der Waals surface area contributed by atoms with E-state index < -0.39 is 89.7 Å². The lowest BCUT2D eigenvalue weighted by molar-refractivity contribution is -0.392. The number of hydrogen-bond acceptors (Lipinski definition) is 10. The zero-order valence-corrected chi connectivity index (χ0v) is 29.3. The minimum absolute atomic E-state index is 0.0599. The summed E-state index contributed by atoms with van der Waals surface area (Å²) in [6.45, 7) is 0. The Morgan fingerprint density at radius 1 is 0.754 bits per heavy atom. The molecule has 27 heteroatoms. The van der Waals surface area contributed by atoms with Crippen molar-refractivity contribution < 1.29 is 62.5 Å². The number of aliphatic imine (C=N–C) groups is 3. The molecule has 1 fully saturated rings. The van der Waals surface area contributed by atoms with Gasteiger partial charge in [0.05, 0.1) is 31.7 Å². The highest BCUT2D eigenvalue weighted by Gasteiger charge is 2.44. The molecule has 57 heavy (non-hydrogen) atoms. The van der Waals surface area contributed by atoms with Crippen molar-refractivity contribution in [2.45, 2.75) is 25.0 Å². The van der Waals surface area contributed by atoms with Gasteiger partial charge in [-0.3, -0.25) is 25.1 Å². The Hall–Kier alpha value is -5.69. The molecule has 5 rings (SSSR count). The minimum Gasteiger partial charge on any atom is -0.328 e. The number of amidine groups is 2. The van der Waals surface area contributed by atoms with Crippen molar-refractivity contribution in [1.82, 2.24) is 4.98 Å². The Morgan fingerprint density at radius 2 is 1.32 bits per heavy atom. The molecule has 0 aliphatic carbocycles. The highest BCUT2D eigenvalue weighted by atomic mass is 35.5. The first-order valence-corrected chi connectivity index (χ1v) is 16.1. The highest BCUT2D eigenvalue weighted by Crippen LogP contribution is 2.49. The van der Waals surface area contributed by atoms with Crippen molar-refractivity contribution in [1.29, 1.82) is 0 Å². The highest BCUT2D eigenvalue weighted by molar-refractivity contribution is 8.29. The summed E-state index contributed by atoms with van der Waals surface area (Å²) < 4.78 is 154. The maximum absolute atomic E-state index is 13.0. The van der Waals surface area contributed by atoms with Gasteiger partial charge in [-0.15, -0.1) is 26.3 Å². The molecule has 1 aliphatic heterocycles. The zero-order chi connectivity index (χ0) is 42.7. The molecule has 1 N–H and O–H groups in total. The normalized spacial score (nSPS) is 15.8. The number of aromatic nitrogens is 1. The molecule has 302 valence electrons. The van der Waals surface area contributed by atoms with Crippen molar-refractivity contribution >= 4 is 85.3 Å². The molecule has 2 heterocycles. The van der Waals surface area contributed by atoms with E-state index in [2.05, 4.69) is 20.0 Å². The number of nitrogens with one attached hydrogen (secondary N) is 1. The largest absolute Gasteiger partial charge is 0.505 e. The summed E-state index contributed by atoms with van der Waals surface area (Å²) in [5, 5.41) is 21.0. The number of nitro groups is 2. The van der Waals surface area contributed by atoms with E-state index in [1.165, 1.54) is 24.3 Å². The number of anilines is 3. The van der Waals surface area contributed by atoms with Gasteiger partial charge in [0.25, 0.3) is 0 Å². The van der Waals surface area contributed by atoms with E-state index in [0.717, 1.165) is 4.90 Å². The lowest BCUT2D eigenvalue weighted by Crippen LogP contribution is -2.33. The molecule has 0 bridgehead atoms. The fourth-order valence-electron chi connectivity index (χ4n) is 4.34. The van der Waals surface area contributed by atoms with Crippen molar-refractivity contribution in [3.05, 3.63) is 120 Å². The van der Waals surface area contributed by atoms with Crippen LogP contribution in [0.5, 0.6) is 0 Å². The van der Waals surface area contributed by atoms with E-state index in [1.54, 1.807) is 36.4 Å². The molecule has 0 amide bonds. The number of rotatable bonds is 6. The number of hydrogen-bond donors (Lipinski definition) is 1. The van der Waals surface area contributed by atoms with Crippen LogP contribution < -0.4 is 10.2 Å². The Morgan fingerprint density at radius 3 is 1.79 bits per heavy atom. The quantitative estimate of drug-likeness (QED) is 0.0870. The molecule has 12 nitrogen and oxygen atoms in total. The van der Waals surface area contributed by atoms with Crippen LogP contribution in [0.25, 0.3) is 0 Å². The van der Waals surface area contributed by atoms with Crippen LogP contribution in [0.4, 0.5) is 86.9 Å². The number of thioether (sulfide) groups is 1. The molecule has 0 radical (unpaired) electrons. The summed E-state index contributed by atoms with van der Waals surface area (Å²) in [5.41, 5.74) is -6.74. The number of alkyl halides is 12. The van der Waals surface area contributed by atoms with Gasteiger partial charge in [0.2, 0.25) is 0 Å². The molecular formula is C30H14Cl2F12N8O4S. The first-order valence-electron chi connectivity index (χ1n) is 14.5. The third-order valence-corrected chi connectivity index (χ3v) is 8.15. The fraction of sp³-hybridized carbons (Fsp3) is 0.133. The van der Waals surface area contributed by atoms with E-state index in [9.17, 15) is 72.9 Å². The summed E-state index contributed by atoms with van der Waals surface area (Å²) in [6.07, 6.45) is -20.0. The van der Waals surface area contributed by atoms with Gasteiger partial charge >= 0.3 is 36.3 Å². The van der Waals surface area contributed by atoms with Crippen LogP contribution >= 0.6 is 35.0 Å². The Balaban J connectivity index is 0.000000253. The van der Waals surface area contributed by atoms with Crippen LogP contribution in [0, 0.1) is 20.2 Å². The number of pyridine rings is 1. The predicted molar refractivity (Wildman–Crippen MR) is 184 cm³/mol. The van der Waals surface area contributed by atoms with E-state index >= 15 is 0 Å². The topological polar surface area (TPSA) is 152 Å². The second-order valence-corrected chi connectivity index (χ2v) is 12.2. The summed E-state index contributed by atoms with van der Waals surface area (Å²) in [7, 11) is 0. The van der Waals surface area contributed by atoms with Crippen LogP contribution in [-0.2, 0) is 12.4 Å². The van der Waals surface area contributed by atoms with Crippen LogP contribution in [0.2, 0.25) is 10.0 Å². The van der Waals surface area contributed by atoms with Gasteiger partial charge < -0.3 is 5.32 Å². The second kappa shape index (κ2) is 16.8. The van der Waals surface area contributed by atoms with Crippen molar-refractivity contribution in [2.75, 3.05) is 10.2 Å². The third-order valence-electron chi connectivity index (χ3n) is 6.55. The average Bonchev–Trinajstić information content (AvgIpc) is 3.38. The number of para-hydroxylation sites is 2. The fourth-order valence-corrected chi connectivity index (χ4v) is 5.87. The molecule has 4 aromatic rings. The van der Waals surface area contributed by atoms with E-state index in [0.29, 0.717) is 23.5 Å². The number of benzene rings is 3. The Labute approximate surface area is 322 Å². The van der Waals surface area contributed by atoms with Crippen molar-refractivity contribution in [3.8, 4) is 0 Å². The smallest absolute Gasteiger partial charge is 0.328 e. The Bertz CT molecular complexity index is 2260. The lowest BCUT2D eigenvalue weighted by Gasteiger charge is -2.19. The van der Waals surface area contributed by atoms with Gasteiger partial charge in [-0.1, -0.05) is 59.6 Å². The van der Waals surface area contributed by atoms with Crippen molar-refractivity contribution in [2.24, 2.45) is 15.0 Å². The average molecular weight is 881 g/mol. The molecule has 3 aromatic carbocycles. The van der Waals surface area contributed by atoms with Gasteiger partial charge in [0.1, 0.15) is 10.8 Å². The van der Waals surface area contributed by atoms with Gasteiger partial charge in [0, 0.05) is 18.0 Å². The molecule has 1 aliphatic rings. The standard InChI is InChI=1S/C17H10F6N4S.C13H4Cl2F6N4O4/c18-16(19,20)25-13-14(26-17(21,22)23)28-15(24-11-7-3-1-4-8-11)27(13)12-9-5-2-6-10-12;14-6-1-4(12(16,17)18)3-22-11(6)23-9-7(24(26)27)2-5(13(19,20)21)8(15)10(9)25(28)29/h1-10H;1-3H,(H,22,23)/b24-15-,25-13+,26-14-;. The third kappa shape index (κ3) is 11.4. The predicted octanol–water partition coefficient (Wildman–Crippen LogP) is 11.8. The van der Waals surface area contributed by atoms with Crippen LogP contribution in [0.15, 0.2) is 94.0 Å². The zero-order valence-electron chi connectivity index (χ0n) is 27.0. The summed E-state index contributed by atoms with van der Waals surface area (Å²) in [4.78, 5) is 33.0. The Kier molecular flexibility index (Phi) is 13.0. The van der Waals surface area contributed by atoms with Gasteiger partial charge in [-0.2, -0.15) is 36.3 Å². The molecule has 1 saturated heterocycles. The van der Waals surface area contributed by atoms with Crippen LogP contribution in [0.1, 0.15) is 11.1 Å². The van der Waals surface area contributed by atoms with E-state index in [1.807, 2.05) is 5.32 Å². The minimum atomic E-state index is -5.27. The van der Waals surface area contributed by atoms with Gasteiger partial charge in [-0.25, -0.2) is 9.98 Å².